The van der Waals surface area contributed by atoms with Crippen LogP contribution in [-0.2, 0) is 10.0 Å². The molecular formula is C12H19ClN2O2S2. The van der Waals surface area contributed by atoms with Gasteiger partial charge in [0, 0.05) is 6.04 Å². The van der Waals surface area contributed by atoms with Crippen LogP contribution in [0.1, 0.15) is 45.2 Å². The molecule has 0 bridgehead atoms. The third-order valence-corrected chi connectivity index (χ3v) is 7.02. The van der Waals surface area contributed by atoms with Gasteiger partial charge < -0.3 is 0 Å². The predicted octanol–water partition coefficient (Wildman–Crippen LogP) is 3.35. The van der Waals surface area contributed by atoms with E-state index in [0.717, 1.165) is 37.0 Å². The summed E-state index contributed by atoms with van der Waals surface area (Å²) in [6, 6.07) is 0.0262. The van der Waals surface area contributed by atoms with Gasteiger partial charge >= 0.3 is 0 Å². The monoisotopic (exact) mass is 322 g/mol. The smallest absolute Gasteiger partial charge is 0.229 e. The first-order valence-electron chi connectivity index (χ1n) is 6.35. The van der Waals surface area contributed by atoms with E-state index in [2.05, 4.69) is 23.6 Å². The lowest BCUT2D eigenvalue weighted by Gasteiger charge is -2.34. The van der Waals surface area contributed by atoms with Crippen molar-refractivity contribution in [2.75, 3.05) is 0 Å². The molecule has 1 fully saturated rings. The normalized spacial score (nSPS) is 20.6. The average Bonchev–Trinajstić information content (AvgIpc) is 2.62. The van der Waals surface area contributed by atoms with Gasteiger partial charge in [-0.2, -0.15) is 0 Å². The summed E-state index contributed by atoms with van der Waals surface area (Å²) in [5.74, 6) is 0. The molecule has 2 rings (SSSR count). The molecule has 0 radical (unpaired) electrons. The number of aromatic nitrogens is 1. The molecule has 19 heavy (non-hydrogen) atoms. The van der Waals surface area contributed by atoms with Gasteiger partial charge in [-0.3, -0.25) is 0 Å². The predicted molar refractivity (Wildman–Crippen MR) is 78.2 cm³/mol. The Morgan fingerprint density at radius 2 is 1.95 bits per heavy atom. The minimum atomic E-state index is -3.49. The van der Waals surface area contributed by atoms with Crippen LogP contribution in [-0.4, -0.2) is 19.4 Å². The lowest BCUT2D eigenvalue weighted by Crippen LogP contribution is -2.39. The SMILES string of the molecule is Cc1nc(Cl)sc1S(=O)(=O)NC1CCC(C)(C)CC1. The summed E-state index contributed by atoms with van der Waals surface area (Å²) >= 11 is 6.78. The Hall–Kier alpha value is -0.170. The maximum Gasteiger partial charge on any atom is 0.252 e. The van der Waals surface area contributed by atoms with E-state index < -0.39 is 10.0 Å². The second-order valence-corrected chi connectivity index (χ2v) is 9.39. The molecule has 0 unspecified atom stereocenters. The number of nitrogens with zero attached hydrogens (tertiary/aromatic N) is 1. The average molecular weight is 323 g/mol. The highest BCUT2D eigenvalue weighted by Gasteiger charge is 2.31. The van der Waals surface area contributed by atoms with E-state index in [9.17, 15) is 8.42 Å². The van der Waals surface area contributed by atoms with Gasteiger partial charge in [-0.25, -0.2) is 18.1 Å². The van der Waals surface area contributed by atoms with E-state index in [-0.39, 0.29) is 14.7 Å². The van der Waals surface area contributed by atoms with Crippen LogP contribution in [0.15, 0.2) is 4.21 Å². The molecule has 108 valence electrons. The van der Waals surface area contributed by atoms with Crippen LogP contribution in [0.3, 0.4) is 0 Å². The Kier molecular flexibility index (Phi) is 4.26. The molecular weight excluding hydrogens is 304 g/mol. The first kappa shape index (κ1) is 15.2. The summed E-state index contributed by atoms with van der Waals surface area (Å²) in [4.78, 5) is 3.96. The Balaban J connectivity index is 2.09. The summed E-state index contributed by atoms with van der Waals surface area (Å²) in [6.07, 6.45) is 3.86. The summed E-state index contributed by atoms with van der Waals surface area (Å²) < 4.78 is 27.9. The molecule has 1 aliphatic carbocycles. The number of aryl methyl sites for hydroxylation is 1. The quantitative estimate of drug-likeness (QED) is 0.928. The van der Waals surface area contributed by atoms with Crippen LogP contribution >= 0.6 is 22.9 Å². The van der Waals surface area contributed by atoms with Crippen molar-refractivity contribution in [2.24, 2.45) is 5.41 Å². The third kappa shape index (κ3) is 3.68. The van der Waals surface area contributed by atoms with E-state index in [4.69, 9.17) is 11.6 Å². The second-order valence-electron chi connectivity index (χ2n) is 5.90. The van der Waals surface area contributed by atoms with E-state index in [1.165, 1.54) is 0 Å². The highest BCUT2D eigenvalue weighted by atomic mass is 35.5. The number of thiazole rings is 1. The molecule has 0 amide bonds. The summed E-state index contributed by atoms with van der Waals surface area (Å²) in [6.45, 7) is 6.12. The van der Waals surface area contributed by atoms with E-state index in [1.54, 1.807) is 6.92 Å². The van der Waals surface area contributed by atoms with E-state index >= 15 is 0 Å². The fourth-order valence-electron chi connectivity index (χ4n) is 2.39. The van der Waals surface area contributed by atoms with Gasteiger partial charge in [0.05, 0.1) is 5.69 Å². The summed E-state index contributed by atoms with van der Waals surface area (Å²) in [5.41, 5.74) is 0.796. The standard InChI is InChI=1S/C12H19ClN2O2S2/c1-8-10(18-11(13)14-8)19(16,17)15-9-4-6-12(2,3)7-5-9/h9,15H,4-7H2,1-3H3. The molecule has 1 aliphatic rings. The van der Waals surface area contributed by atoms with Crippen molar-refractivity contribution in [2.45, 2.75) is 56.7 Å². The van der Waals surface area contributed by atoms with Crippen LogP contribution in [0.25, 0.3) is 0 Å². The molecule has 1 heterocycles. The molecule has 1 aromatic heterocycles. The Labute approximate surface area is 123 Å². The maximum absolute atomic E-state index is 12.3. The first-order chi connectivity index (χ1) is 8.70. The molecule has 1 aromatic rings. The molecule has 0 aromatic carbocycles. The van der Waals surface area contributed by atoms with Crippen molar-refractivity contribution < 1.29 is 8.42 Å². The molecule has 0 spiro atoms. The van der Waals surface area contributed by atoms with Gasteiger partial charge in [0.1, 0.15) is 0 Å². The summed E-state index contributed by atoms with van der Waals surface area (Å²) in [7, 11) is -3.49. The van der Waals surface area contributed by atoms with E-state index in [1.807, 2.05) is 0 Å². The van der Waals surface area contributed by atoms with Crippen LogP contribution in [0.5, 0.6) is 0 Å². The van der Waals surface area contributed by atoms with Crippen LogP contribution in [0.2, 0.25) is 4.47 Å². The molecule has 1 N–H and O–H groups in total. The Morgan fingerprint density at radius 1 is 1.37 bits per heavy atom. The van der Waals surface area contributed by atoms with Crippen molar-refractivity contribution >= 4 is 33.0 Å². The minimum Gasteiger partial charge on any atom is -0.229 e. The van der Waals surface area contributed by atoms with Gasteiger partial charge in [0.15, 0.2) is 8.68 Å². The number of hydrogen-bond acceptors (Lipinski definition) is 4. The zero-order valence-electron chi connectivity index (χ0n) is 11.4. The van der Waals surface area contributed by atoms with Crippen LogP contribution in [0, 0.1) is 12.3 Å². The van der Waals surface area contributed by atoms with Crippen LogP contribution < -0.4 is 4.72 Å². The molecule has 0 saturated heterocycles. The largest absolute Gasteiger partial charge is 0.252 e. The third-order valence-electron chi connectivity index (χ3n) is 3.63. The van der Waals surface area contributed by atoms with Gasteiger partial charge in [0.2, 0.25) is 0 Å². The van der Waals surface area contributed by atoms with Gasteiger partial charge in [-0.1, -0.05) is 36.8 Å². The zero-order valence-corrected chi connectivity index (χ0v) is 13.8. The number of sulfonamides is 1. The Bertz CT molecular complexity index is 556. The highest BCUT2D eigenvalue weighted by Crippen LogP contribution is 2.36. The Morgan fingerprint density at radius 3 is 2.42 bits per heavy atom. The van der Waals surface area contributed by atoms with E-state index in [0.29, 0.717) is 11.1 Å². The van der Waals surface area contributed by atoms with Crippen molar-refractivity contribution in [3.05, 3.63) is 10.2 Å². The van der Waals surface area contributed by atoms with Crippen LogP contribution in [0.4, 0.5) is 0 Å². The number of halogens is 1. The number of nitrogens with one attached hydrogen (secondary N) is 1. The van der Waals surface area contributed by atoms with Gasteiger partial charge in [-0.05, 0) is 38.0 Å². The maximum atomic E-state index is 12.3. The molecule has 1 saturated carbocycles. The van der Waals surface area contributed by atoms with Crippen molar-refractivity contribution in [3.63, 3.8) is 0 Å². The minimum absolute atomic E-state index is 0.0262. The topological polar surface area (TPSA) is 59.1 Å². The van der Waals surface area contributed by atoms with Gasteiger partial charge in [-0.15, -0.1) is 0 Å². The highest BCUT2D eigenvalue weighted by molar-refractivity contribution is 7.91. The first-order valence-corrected chi connectivity index (χ1v) is 9.03. The molecule has 0 atom stereocenters. The molecule has 0 aliphatic heterocycles. The number of rotatable bonds is 3. The molecule has 7 heteroatoms. The summed E-state index contributed by atoms with van der Waals surface area (Å²) in [5, 5.41) is 0. The lowest BCUT2D eigenvalue weighted by atomic mass is 9.76. The lowest BCUT2D eigenvalue weighted by molar-refractivity contribution is 0.218. The van der Waals surface area contributed by atoms with Crippen molar-refractivity contribution in [1.29, 1.82) is 0 Å². The van der Waals surface area contributed by atoms with Gasteiger partial charge in [0.25, 0.3) is 10.0 Å². The fourth-order valence-corrected chi connectivity index (χ4v) is 5.45. The van der Waals surface area contributed by atoms with Crippen molar-refractivity contribution in [1.82, 2.24) is 9.71 Å². The molecule has 4 nitrogen and oxygen atoms in total. The number of hydrogen-bond donors (Lipinski definition) is 1. The fraction of sp³-hybridized carbons (Fsp3) is 0.750. The second kappa shape index (κ2) is 5.31. The zero-order chi connectivity index (χ0) is 14.3. The van der Waals surface area contributed by atoms with Crippen molar-refractivity contribution in [3.8, 4) is 0 Å².